The standard InChI is InChI=1S/C22H26N2O2/c1-16-13-24(14-18-8-3-5-12-21(18)26-16)15-22(25)23-20-11-6-9-17-7-2-4-10-19(17)20/h2-5,7-8,10,12,16,20H,6,9,11,13-15H2,1H3,(H,23,25)/t16-,20+/m0/s1. The number of para-hydroxylation sites is 1. The summed E-state index contributed by atoms with van der Waals surface area (Å²) in [5.74, 6) is 1.03. The maximum Gasteiger partial charge on any atom is 0.234 e. The molecule has 2 atom stereocenters. The molecule has 2 aromatic rings. The van der Waals surface area contributed by atoms with E-state index in [1.807, 2.05) is 18.2 Å². The van der Waals surface area contributed by atoms with Gasteiger partial charge in [0, 0.05) is 18.7 Å². The first-order valence-electron chi connectivity index (χ1n) is 9.53. The molecule has 2 aliphatic rings. The molecule has 0 unspecified atom stereocenters. The van der Waals surface area contributed by atoms with Gasteiger partial charge in [-0.25, -0.2) is 0 Å². The Kier molecular flexibility index (Phi) is 4.93. The van der Waals surface area contributed by atoms with Crippen LogP contribution in [0.3, 0.4) is 0 Å². The molecule has 4 heteroatoms. The van der Waals surface area contributed by atoms with Gasteiger partial charge in [-0.2, -0.15) is 0 Å². The van der Waals surface area contributed by atoms with E-state index in [0.717, 1.165) is 43.7 Å². The number of hydrogen-bond donors (Lipinski definition) is 1. The lowest BCUT2D eigenvalue weighted by Crippen LogP contribution is -2.41. The molecule has 0 saturated heterocycles. The third kappa shape index (κ3) is 3.75. The van der Waals surface area contributed by atoms with Crippen LogP contribution < -0.4 is 10.1 Å². The molecule has 136 valence electrons. The second-order valence-corrected chi connectivity index (χ2v) is 7.42. The van der Waals surface area contributed by atoms with E-state index in [2.05, 4.69) is 47.5 Å². The Morgan fingerprint density at radius 3 is 2.81 bits per heavy atom. The van der Waals surface area contributed by atoms with Crippen molar-refractivity contribution in [3.05, 3.63) is 65.2 Å². The van der Waals surface area contributed by atoms with Gasteiger partial charge in [0.25, 0.3) is 0 Å². The number of rotatable bonds is 3. The van der Waals surface area contributed by atoms with Gasteiger partial charge in [-0.1, -0.05) is 42.5 Å². The lowest BCUT2D eigenvalue weighted by Gasteiger charge is -2.28. The maximum absolute atomic E-state index is 12.7. The zero-order chi connectivity index (χ0) is 17.9. The molecule has 0 spiro atoms. The van der Waals surface area contributed by atoms with Gasteiger partial charge in [-0.15, -0.1) is 0 Å². The number of hydrogen-bond acceptors (Lipinski definition) is 3. The predicted molar refractivity (Wildman–Crippen MR) is 102 cm³/mol. The summed E-state index contributed by atoms with van der Waals surface area (Å²) < 4.78 is 5.99. The average molecular weight is 350 g/mol. The van der Waals surface area contributed by atoms with Gasteiger partial charge < -0.3 is 10.1 Å². The largest absolute Gasteiger partial charge is 0.489 e. The van der Waals surface area contributed by atoms with Crippen LogP contribution in [0.1, 0.15) is 42.5 Å². The monoisotopic (exact) mass is 350 g/mol. The fraction of sp³-hybridized carbons (Fsp3) is 0.409. The fourth-order valence-electron chi connectivity index (χ4n) is 4.14. The highest BCUT2D eigenvalue weighted by atomic mass is 16.5. The van der Waals surface area contributed by atoms with E-state index in [-0.39, 0.29) is 18.1 Å². The number of carbonyl (C=O) groups is 1. The molecule has 1 N–H and O–H groups in total. The summed E-state index contributed by atoms with van der Waals surface area (Å²) in [5.41, 5.74) is 3.80. The highest BCUT2D eigenvalue weighted by Gasteiger charge is 2.24. The van der Waals surface area contributed by atoms with Crippen molar-refractivity contribution in [1.82, 2.24) is 10.2 Å². The van der Waals surface area contributed by atoms with Gasteiger partial charge in [0.05, 0.1) is 12.6 Å². The SMILES string of the molecule is C[C@H]1CN(CC(=O)N[C@@H]2CCCc3ccccc32)Cc2ccccc2O1. The van der Waals surface area contributed by atoms with Crippen molar-refractivity contribution in [3.63, 3.8) is 0 Å². The van der Waals surface area contributed by atoms with Gasteiger partial charge in [0.2, 0.25) is 5.91 Å². The van der Waals surface area contributed by atoms with Crippen LogP contribution in [-0.2, 0) is 17.8 Å². The van der Waals surface area contributed by atoms with Crippen LogP contribution in [0.4, 0.5) is 0 Å². The number of nitrogens with zero attached hydrogens (tertiary/aromatic N) is 1. The Balaban J connectivity index is 1.42. The van der Waals surface area contributed by atoms with E-state index in [0.29, 0.717) is 6.54 Å². The topological polar surface area (TPSA) is 41.6 Å². The van der Waals surface area contributed by atoms with Crippen LogP contribution in [0, 0.1) is 0 Å². The zero-order valence-corrected chi connectivity index (χ0v) is 15.3. The summed E-state index contributed by atoms with van der Waals surface area (Å²) in [6, 6.07) is 16.7. The molecule has 1 heterocycles. The average Bonchev–Trinajstić information content (AvgIpc) is 2.79. The summed E-state index contributed by atoms with van der Waals surface area (Å²) in [7, 11) is 0. The van der Waals surface area contributed by atoms with E-state index in [9.17, 15) is 4.79 Å². The first-order valence-corrected chi connectivity index (χ1v) is 9.53. The van der Waals surface area contributed by atoms with Crippen LogP contribution in [0.5, 0.6) is 5.75 Å². The first-order chi connectivity index (χ1) is 12.7. The normalized spacial score (nSPS) is 22.5. The molecule has 1 aliphatic heterocycles. The highest BCUT2D eigenvalue weighted by molar-refractivity contribution is 5.78. The van der Waals surface area contributed by atoms with Gasteiger partial charge in [0.1, 0.15) is 11.9 Å². The van der Waals surface area contributed by atoms with Crippen molar-refractivity contribution in [3.8, 4) is 5.75 Å². The van der Waals surface area contributed by atoms with Crippen molar-refractivity contribution in [2.75, 3.05) is 13.1 Å². The molecule has 2 aromatic carbocycles. The smallest absolute Gasteiger partial charge is 0.234 e. The van der Waals surface area contributed by atoms with Crippen molar-refractivity contribution in [2.24, 2.45) is 0 Å². The fourth-order valence-corrected chi connectivity index (χ4v) is 4.14. The Morgan fingerprint density at radius 1 is 1.15 bits per heavy atom. The predicted octanol–water partition coefficient (Wildman–Crippen LogP) is 3.46. The van der Waals surface area contributed by atoms with E-state index in [4.69, 9.17) is 4.74 Å². The number of nitrogens with one attached hydrogen (secondary N) is 1. The minimum absolute atomic E-state index is 0.0712. The Morgan fingerprint density at radius 2 is 1.92 bits per heavy atom. The Hall–Kier alpha value is -2.33. The molecule has 0 fully saturated rings. The maximum atomic E-state index is 12.7. The molecular formula is C22H26N2O2. The molecule has 1 aliphatic carbocycles. The molecule has 0 aromatic heterocycles. The zero-order valence-electron chi connectivity index (χ0n) is 15.3. The third-order valence-electron chi connectivity index (χ3n) is 5.28. The first kappa shape index (κ1) is 17.1. The molecular weight excluding hydrogens is 324 g/mol. The lowest BCUT2D eigenvalue weighted by atomic mass is 9.88. The second-order valence-electron chi connectivity index (χ2n) is 7.42. The number of carbonyl (C=O) groups excluding carboxylic acids is 1. The summed E-state index contributed by atoms with van der Waals surface area (Å²) in [5, 5.41) is 3.26. The number of amides is 1. The van der Waals surface area contributed by atoms with Crippen molar-refractivity contribution in [2.45, 2.75) is 44.9 Å². The number of benzene rings is 2. The van der Waals surface area contributed by atoms with Crippen LogP contribution in [0.25, 0.3) is 0 Å². The summed E-state index contributed by atoms with van der Waals surface area (Å²) in [4.78, 5) is 14.9. The number of aryl methyl sites for hydroxylation is 1. The third-order valence-corrected chi connectivity index (χ3v) is 5.28. The summed E-state index contributed by atoms with van der Waals surface area (Å²) in [6.45, 7) is 3.96. The van der Waals surface area contributed by atoms with E-state index in [1.54, 1.807) is 0 Å². The summed E-state index contributed by atoms with van der Waals surface area (Å²) >= 11 is 0. The van der Waals surface area contributed by atoms with E-state index >= 15 is 0 Å². The molecule has 0 bridgehead atoms. The number of ether oxygens (including phenoxy) is 1. The van der Waals surface area contributed by atoms with E-state index < -0.39 is 0 Å². The number of fused-ring (bicyclic) bond motifs is 2. The molecule has 4 rings (SSSR count). The minimum Gasteiger partial charge on any atom is -0.489 e. The van der Waals surface area contributed by atoms with Crippen LogP contribution in [0.2, 0.25) is 0 Å². The quantitative estimate of drug-likeness (QED) is 0.922. The van der Waals surface area contributed by atoms with Crippen LogP contribution in [0.15, 0.2) is 48.5 Å². The lowest BCUT2D eigenvalue weighted by molar-refractivity contribution is -0.123. The second kappa shape index (κ2) is 7.50. The molecule has 26 heavy (non-hydrogen) atoms. The summed E-state index contributed by atoms with van der Waals surface area (Å²) in [6.07, 6.45) is 3.33. The molecule has 1 amide bonds. The molecule has 0 saturated carbocycles. The van der Waals surface area contributed by atoms with Gasteiger partial charge >= 0.3 is 0 Å². The van der Waals surface area contributed by atoms with Crippen molar-refractivity contribution < 1.29 is 9.53 Å². The minimum atomic E-state index is 0.0712. The van der Waals surface area contributed by atoms with E-state index in [1.165, 1.54) is 11.1 Å². The Bertz CT molecular complexity index is 789. The Labute approximate surface area is 155 Å². The molecule has 4 nitrogen and oxygen atoms in total. The van der Waals surface area contributed by atoms with Gasteiger partial charge in [0.15, 0.2) is 0 Å². The highest BCUT2D eigenvalue weighted by Crippen LogP contribution is 2.29. The van der Waals surface area contributed by atoms with Crippen molar-refractivity contribution in [1.29, 1.82) is 0 Å². The van der Waals surface area contributed by atoms with Crippen LogP contribution >= 0.6 is 0 Å². The molecule has 0 radical (unpaired) electrons. The van der Waals surface area contributed by atoms with Crippen LogP contribution in [-0.4, -0.2) is 30.0 Å². The van der Waals surface area contributed by atoms with Gasteiger partial charge in [-0.05, 0) is 43.4 Å². The van der Waals surface area contributed by atoms with Gasteiger partial charge in [-0.3, -0.25) is 9.69 Å². The van der Waals surface area contributed by atoms with Crippen molar-refractivity contribution >= 4 is 5.91 Å².